The van der Waals surface area contributed by atoms with Crippen molar-refractivity contribution >= 4 is 43.1 Å². The molecule has 0 aliphatic carbocycles. The molecule has 1 aromatic heterocycles. The molecule has 5 aromatic rings. The number of rotatable bonds is 6. The molecule has 0 bridgehead atoms. The van der Waals surface area contributed by atoms with Gasteiger partial charge < -0.3 is 9.88 Å². The average Bonchev–Trinajstić information content (AvgIpc) is 3.20. The molecule has 1 amide bonds. The van der Waals surface area contributed by atoms with Gasteiger partial charge in [-0.3, -0.25) is 4.79 Å². The first-order chi connectivity index (χ1) is 16.4. The van der Waals surface area contributed by atoms with Crippen molar-refractivity contribution < 1.29 is 17.6 Å². The summed E-state index contributed by atoms with van der Waals surface area (Å²) in [4.78, 5) is 13.1. The van der Waals surface area contributed by atoms with Gasteiger partial charge in [-0.05, 0) is 35.2 Å². The van der Waals surface area contributed by atoms with Gasteiger partial charge in [0.15, 0.2) is 9.84 Å². The summed E-state index contributed by atoms with van der Waals surface area (Å²) in [5.74, 6) is -0.946. The Morgan fingerprint density at radius 3 is 2.29 bits per heavy atom. The van der Waals surface area contributed by atoms with Crippen LogP contribution in [0, 0.1) is 5.82 Å². The second kappa shape index (κ2) is 8.76. The standard InChI is InChI=1S/C27H21FN2O3S/c28-21-14-12-19(13-15-21)18-34(32,33)26-16-30(25-11-4-3-9-23(25)26)17-27(31)29-24-10-5-7-20-6-1-2-8-22(20)24/h1-16H,17-18H2,(H,29,31). The summed E-state index contributed by atoms with van der Waals surface area (Å²) in [6.45, 7) is -0.0458. The summed E-state index contributed by atoms with van der Waals surface area (Å²) in [7, 11) is -3.73. The van der Waals surface area contributed by atoms with E-state index in [9.17, 15) is 17.6 Å². The fourth-order valence-electron chi connectivity index (χ4n) is 4.15. The number of hydrogen-bond donors (Lipinski definition) is 1. The summed E-state index contributed by atoms with van der Waals surface area (Å²) in [5, 5.41) is 5.43. The third kappa shape index (κ3) is 4.30. The minimum Gasteiger partial charge on any atom is -0.337 e. The van der Waals surface area contributed by atoms with Crippen LogP contribution in [0.25, 0.3) is 21.7 Å². The Kier molecular flexibility index (Phi) is 5.63. The highest BCUT2D eigenvalue weighted by atomic mass is 32.2. The highest BCUT2D eigenvalue weighted by molar-refractivity contribution is 7.90. The van der Waals surface area contributed by atoms with Crippen molar-refractivity contribution in [3.8, 4) is 0 Å². The molecule has 0 saturated heterocycles. The third-order valence-corrected chi connectivity index (χ3v) is 7.44. The van der Waals surface area contributed by atoms with Gasteiger partial charge in [0.05, 0.1) is 10.6 Å². The second-order valence-electron chi connectivity index (χ2n) is 8.10. The molecule has 5 rings (SSSR count). The number of sulfone groups is 1. The lowest BCUT2D eigenvalue weighted by Gasteiger charge is -2.10. The molecule has 5 nitrogen and oxygen atoms in total. The number of para-hydroxylation sites is 1. The zero-order chi connectivity index (χ0) is 23.7. The van der Waals surface area contributed by atoms with Gasteiger partial charge in [0.1, 0.15) is 12.4 Å². The van der Waals surface area contributed by atoms with E-state index >= 15 is 0 Å². The minimum absolute atomic E-state index is 0.0458. The third-order valence-electron chi connectivity index (χ3n) is 5.73. The number of nitrogens with one attached hydrogen (secondary N) is 1. The molecule has 0 spiro atoms. The van der Waals surface area contributed by atoms with E-state index in [1.54, 1.807) is 28.8 Å². The van der Waals surface area contributed by atoms with Crippen LogP contribution in [0.4, 0.5) is 10.1 Å². The van der Waals surface area contributed by atoms with Gasteiger partial charge in [0, 0.05) is 28.2 Å². The van der Waals surface area contributed by atoms with Crippen LogP contribution in [0.1, 0.15) is 5.56 Å². The largest absolute Gasteiger partial charge is 0.337 e. The predicted octanol–water partition coefficient (Wildman–Crippen LogP) is 5.55. The van der Waals surface area contributed by atoms with E-state index < -0.39 is 15.7 Å². The topological polar surface area (TPSA) is 68.2 Å². The number of anilines is 1. The normalized spacial score (nSPS) is 11.7. The van der Waals surface area contributed by atoms with Crippen molar-refractivity contribution in [2.45, 2.75) is 17.2 Å². The molecular weight excluding hydrogens is 451 g/mol. The summed E-state index contributed by atoms with van der Waals surface area (Å²) in [6.07, 6.45) is 1.51. The number of carbonyl (C=O) groups is 1. The Hall–Kier alpha value is -3.97. The van der Waals surface area contributed by atoms with E-state index in [1.807, 2.05) is 42.5 Å². The zero-order valence-corrected chi connectivity index (χ0v) is 18.9. The van der Waals surface area contributed by atoms with Crippen LogP contribution < -0.4 is 5.32 Å². The number of nitrogens with zero attached hydrogens (tertiary/aromatic N) is 1. The lowest BCUT2D eigenvalue weighted by atomic mass is 10.1. The quantitative estimate of drug-likeness (QED) is 0.353. The van der Waals surface area contributed by atoms with Gasteiger partial charge >= 0.3 is 0 Å². The van der Waals surface area contributed by atoms with Crippen LogP contribution in [0.15, 0.2) is 102 Å². The number of benzene rings is 4. The molecule has 7 heteroatoms. The predicted molar refractivity (Wildman–Crippen MR) is 132 cm³/mol. The molecule has 0 saturated carbocycles. The molecule has 0 fully saturated rings. The molecule has 0 aliphatic heterocycles. The van der Waals surface area contributed by atoms with Crippen LogP contribution in [0.5, 0.6) is 0 Å². The van der Waals surface area contributed by atoms with E-state index in [0.29, 0.717) is 22.2 Å². The first kappa shape index (κ1) is 21.9. The van der Waals surface area contributed by atoms with E-state index in [2.05, 4.69) is 5.32 Å². The number of amides is 1. The van der Waals surface area contributed by atoms with Crippen molar-refractivity contribution in [3.63, 3.8) is 0 Å². The van der Waals surface area contributed by atoms with Crippen molar-refractivity contribution in [2.75, 3.05) is 5.32 Å². The van der Waals surface area contributed by atoms with E-state index in [-0.39, 0.29) is 23.1 Å². The Bertz CT molecular complexity index is 1620. The van der Waals surface area contributed by atoms with E-state index in [0.717, 1.165) is 10.8 Å². The molecule has 0 atom stereocenters. The van der Waals surface area contributed by atoms with Crippen molar-refractivity contribution in [2.24, 2.45) is 0 Å². The Balaban J connectivity index is 1.45. The second-order valence-corrected chi connectivity index (χ2v) is 10.1. The highest BCUT2D eigenvalue weighted by Gasteiger charge is 2.22. The average molecular weight is 473 g/mol. The lowest BCUT2D eigenvalue weighted by Crippen LogP contribution is -2.18. The molecule has 170 valence electrons. The maximum Gasteiger partial charge on any atom is 0.244 e. The lowest BCUT2D eigenvalue weighted by molar-refractivity contribution is -0.116. The van der Waals surface area contributed by atoms with Crippen molar-refractivity contribution in [3.05, 3.63) is 109 Å². The van der Waals surface area contributed by atoms with E-state index in [1.165, 1.54) is 30.5 Å². The Morgan fingerprint density at radius 1 is 0.824 bits per heavy atom. The molecule has 1 N–H and O–H groups in total. The molecule has 1 heterocycles. The van der Waals surface area contributed by atoms with E-state index in [4.69, 9.17) is 0 Å². The van der Waals surface area contributed by atoms with Gasteiger partial charge in [-0.1, -0.05) is 66.7 Å². The number of carbonyl (C=O) groups excluding carboxylic acids is 1. The van der Waals surface area contributed by atoms with Gasteiger partial charge in [-0.25, -0.2) is 12.8 Å². The van der Waals surface area contributed by atoms with Crippen molar-refractivity contribution in [1.29, 1.82) is 0 Å². The summed E-state index contributed by atoms with van der Waals surface area (Å²) < 4.78 is 41.3. The van der Waals surface area contributed by atoms with Gasteiger partial charge in [-0.2, -0.15) is 0 Å². The Morgan fingerprint density at radius 2 is 1.50 bits per heavy atom. The molecule has 34 heavy (non-hydrogen) atoms. The smallest absolute Gasteiger partial charge is 0.244 e. The fourth-order valence-corrected chi connectivity index (χ4v) is 5.73. The Labute approximate surface area is 196 Å². The number of aromatic nitrogens is 1. The fraction of sp³-hybridized carbons (Fsp3) is 0.0741. The SMILES string of the molecule is O=C(Cn1cc(S(=O)(=O)Cc2ccc(F)cc2)c2ccccc21)Nc1cccc2ccccc12. The minimum atomic E-state index is -3.73. The number of hydrogen-bond acceptors (Lipinski definition) is 3. The van der Waals surface area contributed by atoms with Gasteiger partial charge in [0.2, 0.25) is 5.91 Å². The first-order valence-electron chi connectivity index (χ1n) is 10.7. The van der Waals surface area contributed by atoms with Crippen LogP contribution in [-0.2, 0) is 26.9 Å². The molecule has 0 aliphatic rings. The van der Waals surface area contributed by atoms with Gasteiger partial charge in [-0.15, -0.1) is 0 Å². The molecular formula is C27H21FN2O3S. The van der Waals surface area contributed by atoms with Crippen LogP contribution >= 0.6 is 0 Å². The maximum absolute atomic E-state index is 13.2. The highest BCUT2D eigenvalue weighted by Crippen LogP contribution is 2.29. The number of halogens is 1. The van der Waals surface area contributed by atoms with Crippen molar-refractivity contribution in [1.82, 2.24) is 4.57 Å². The van der Waals surface area contributed by atoms with Crippen LogP contribution in [-0.4, -0.2) is 18.9 Å². The summed E-state index contributed by atoms with van der Waals surface area (Å²) in [5.41, 5.74) is 1.84. The molecule has 0 radical (unpaired) electrons. The molecule has 4 aromatic carbocycles. The van der Waals surface area contributed by atoms with Gasteiger partial charge in [0.25, 0.3) is 0 Å². The van der Waals surface area contributed by atoms with Crippen LogP contribution in [0.2, 0.25) is 0 Å². The zero-order valence-electron chi connectivity index (χ0n) is 18.1. The first-order valence-corrected chi connectivity index (χ1v) is 12.4. The summed E-state index contributed by atoms with van der Waals surface area (Å²) >= 11 is 0. The monoisotopic (exact) mass is 472 g/mol. The maximum atomic E-state index is 13.2. The number of fused-ring (bicyclic) bond motifs is 2. The van der Waals surface area contributed by atoms with Crippen LogP contribution in [0.3, 0.4) is 0 Å². The summed E-state index contributed by atoms with van der Waals surface area (Å²) in [6, 6.07) is 26.0. The molecule has 0 unspecified atom stereocenters.